The molecule has 0 aromatic heterocycles. The van der Waals surface area contributed by atoms with Crippen LogP contribution in [0.1, 0.15) is 32.1 Å². The van der Waals surface area contributed by atoms with Gasteiger partial charge in [-0.3, -0.25) is 0 Å². The Balaban J connectivity index is 2.17. The van der Waals surface area contributed by atoms with Crippen molar-refractivity contribution in [1.29, 1.82) is 0 Å². The van der Waals surface area contributed by atoms with E-state index < -0.39 is 0 Å². The molecule has 1 heteroatoms. The molecule has 0 spiro atoms. The van der Waals surface area contributed by atoms with Crippen LogP contribution in [-0.4, -0.2) is 6.04 Å². The summed E-state index contributed by atoms with van der Waals surface area (Å²) in [6.45, 7) is 3.68. The van der Waals surface area contributed by atoms with Gasteiger partial charge in [-0.15, -0.1) is 6.58 Å². The predicted octanol–water partition coefficient (Wildman–Crippen LogP) is 2.08. The molecule has 0 bridgehead atoms. The van der Waals surface area contributed by atoms with Crippen molar-refractivity contribution in [2.45, 2.75) is 38.1 Å². The van der Waals surface area contributed by atoms with E-state index in [-0.39, 0.29) is 6.04 Å². The summed E-state index contributed by atoms with van der Waals surface area (Å²) in [5, 5.41) is 0. The fraction of sp³-hybridized carbons (Fsp3) is 0.778. The molecule has 0 heterocycles. The first-order chi connectivity index (χ1) is 4.83. The average molecular weight is 139 g/mol. The number of rotatable bonds is 3. The van der Waals surface area contributed by atoms with Crippen LogP contribution in [0.2, 0.25) is 0 Å². The van der Waals surface area contributed by atoms with E-state index in [9.17, 15) is 0 Å². The van der Waals surface area contributed by atoms with Gasteiger partial charge in [0.1, 0.15) is 0 Å². The summed E-state index contributed by atoms with van der Waals surface area (Å²) in [5.74, 6) is 0.896. The standard InChI is InChI=1S/C9H17N/c1-2-9(10)7-8-5-3-4-6-8/h2,8-9H,1,3-7,10H2. The Morgan fingerprint density at radius 3 is 2.60 bits per heavy atom. The highest BCUT2D eigenvalue weighted by Gasteiger charge is 2.16. The maximum absolute atomic E-state index is 5.73. The lowest BCUT2D eigenvalue weighted by Crippen LogP contribution is -2.19. The molecule has 0 saturated heterocycles. The first kappa shape index (κ1) is 7.80. The second-order valence-electron chi connectivity index (χ2n) is 3.29. The number of hydrogen-bond acceptors (Lipinski definition) is 1. The van der Waals surface area contributed by atoms with Crippen LogP contribution >= 0.6 is 0 Å². The normalized spacial score (nSPS) is 22.9. The molecular formula is C9H17N. The van der Waals surface area contributed by atoms with Crippen LogP contribution in [-0.2, 0) is 0 Å². The van der Waals surface area contributed by atoms with Crippen molar-refractivity contribution in [2.75, 3.05) is 0 Å². The van der Waals surface area contributed by atoms with Gasteiger partial charge in [-0.1, -0.05) is 31.8 Å². The molecule has 0 aromatic carbocycles. The van der Waals surface area contributed by atoms with Gasteiger partial charge >= 0.3 is 0 Å². The zero-order valence-corrected chi connectivity index (χ0v) is 6.55. The molecule has 58 valence electrons. The molecule has 1 aliphatic rings. The maximum atomic E-state index is 5.73. The van der Waals surface area contributed by atoms with Crippen LogP contribution in [0.5, 0.6) is 0 Å². The Bertz CT molecular complexity index is 103. The van der Waals surface area contributed by atoms with Gasteiger partial charge in [0.25, 0.3) is 0 Å². The molecule has 1 nitrogen and oxygen atoms in total. The molecule has 1 rings (SSSR count). The van der Waals surface area contributed by atoms with Crippen LogP contribution in [0.25, 0.3) is 0 Å². The van der Waals surface area contributed by atoms with Gasteiger partial charge in [-0.2, -0.15) is 0 Å². The molecule has 0 aliphatic heterocycles. The van der Waals surface area contributed by atoms with Gasteiger partial charge in [0.05, 0.1) is 0 Å². The Morgan fingerprint density at radius 2 is 2.10 bits per heavy atom. The van der Waals surface area contributed by atoms with Gasteiger partial charge in [0, 0.05) is 6.04 Å². The monoisotopic (exact) mass is 139 g/mol. The third-order valence-electron chi connectivity index (χ3n) is 2.38. The molecule has 10 heavy (non-hydrogen) atoms. The summed E-state index contributed by atoms with van der Waals surface area (Å²) in [4.78, 5) is 0. The lowest BCUT2D eigenvalue weighted by Gasteiger charge is -2.11. The highest BCUT2D eigenvalue weighted by molar-refractivity contribution is 4.85. The molecule has 0 aromatic rings. The van der Waals surface area contributed by atoms with E-state index in [0.29, 0.717) is 0 Å². The fourth-order valence-corrected chi connectivity index (χ4v) is 1.73. The minimum Gasteiger partial charge on any atom is -0.324 e. The summed E-state index contributed by atoms with van der Waals surface area (Å²) >= 11 is 0. The summed E-state index contributed by atoms with van der Waals surface area (Å²) in [6.07, 6.45) is 8.62. The predicted molar refractivity (Wildman–Crippen MR) is 44.7 cm³/mol. The number of hydrogen-bond donors (Lipinski definition) is 1. The van der Waals surface area contributed by atoms with E-state index in [1.807, 2.05) is 6.08 Å². The molecule has 1 unspecified atom stereocenters. The van der Waals surface area contributed by atoms with Crippen molar-refractivity contribution in [3.8, 4) is 0 Å². The highest BCUT2D eigenvalue weighted by atomic mass is 14.6. The molecule has 0 radical (unpaired) electrons. The summed E-state index contributed by atoms with van der Waals surface area (Å²) in [7, 11) is 0. The summed E-state index contributed by atoms with van der Waals surface area (Å²) in [6, 6.07) is 0.239. The van der Waals surface area contributed by atoms with Crippen molar-refractivity contribution in [3.05, 3.63) is 12.7 Å². The molecule has 1 aliphatic carbocycles. The average Bonchev–Trinajstić information content (AvgIpc) is 2.40. The van der Waals surface area contributed by atoms with Gasteiger partial charge < -0.3 is 5.73 Å². The Morgan fingerprint density at radius 1 is 1.50 bits per heavy atom. The first-order valence-corrected chi connectivity index (χ1v) is 4.21. The van der Waals surface area contributed by atoms with Crippen LogP contribution < -0.4 is 5.73 Å². The van der Waals surface area contributed by atoms with Gasteiger partial charge in [-0.05, 0) is 12.3 Å². The minimum atomic E-state index is 0.239. The lowest BCUT2D eigenvalue weighted by atomic mass is 9.99. The third-order valence-corrected chi connectivity index (χ3v) is 2.38. The molecule has 1 atom stereocenters. The van der Waals surface area contributed by atoms with E-state index >= 15 is 0 Å². The molecule has 0 amide bonds. The Kier molecular flexibility index (Phi) is 2.94. The van der Waals surface area contributed by atoms with Crippen molar-refractivity contribution < 1.29 is 0 Å². The van der Waals surface area contributed by atoms with E-state index in [0.717, 1.165) is 12.3 Å². The second-order valence-corrected chi connectivity index (χ2v) is 3.29. The van der Waals surface area contributed by atoms with Gasteiger partial charge in [0.15, 0.2) is 0 Å². The van der Waals surface area contributed by atoms with E-state index in [1.54, 1.807) is 0 Å². The number of nitrogens with two attached hydrogens (primary N) is 1. The van der Waals surface area contributed by atoms with Crippen molar-refractivity contribution in [2.24, 2.45) is 11.7 Å². The Hall–Kier alpha value is -0.300. The van der Waals surface area contributed by atoms with Crippen LogP contribution in [0.4, 0.5) is 0 Å². The van der Waals surface area contributed by atoms with E-state index in [1.165, 1.54) is 25.7 Å². The summed E-state index contributed by atoms with van der Waals surface area (Å²) < 4.78 is 0. The quantitative estimate of drug-likeness (QED) is 0.595. The van der Waals surface area contributed by atoms with Crippen molar-refractivity contribution in [3.63, 3.8) is 0 Å². The molecule has 1 saturated carbocycles. The third kappa shape index (κ3) is 2.14. The second kappa shape index (κ2) is 3.77. The molecule has 2 N–H and O–H groups in total. The lowest BCUT2D eigenvalue weighted by molar-refractivity contribution is 0.477. The highest BCUT2D eigenvalue weighted by Crippen LogP contribution is 2.28. The van der Waals surface area contributed by atoms with Crippen LogP contribution in [0.3, 0.4) is 0 Å². The zero-order valence-electron chi connectivity index (χ0n) is 6.55. The van der Waals surface area contributed by atoms with Crippen molar-refractivity contribution >= 4 is 0 Å². The van der Waals surface area contributed by atoms with Crippen molar-refractivity contribution in [1.82, 2.24) is 0 Å². The molecular weight excluding hydrogens is 122 g/mol. The van der Waals surface area contributed by atoms with Crippen LogP contribution in [0.15, 0.2) is 12.7 Å². The van der Waals surface area contributed by atoms with Crippen LogP contribution in [0, 0.1) is 5.92 Å². The summed E-state index contributed by atoms with van der Waals surface area (Å²) in [5.41, 5.74) is 5.73. The fourth-order valence-electron chi connectivity index (χ4n) is 1.73. The van der Waals surface area contributed by atoms with Gasteiger partial charge in [-0.25, -0.2) is 0 Å². The van der Waals surface area contributed by atoms with Gasteiger partial charge in [0.2, 0.25) is 0 Å². The topological polar surface area (TPSA) is 26.0 Å². The zero-order chi connectivity index (χ0) is 7.40. The first-order valence-electron chi connectivity index (χ1n) is 4.21. The van der Waals surface area contributed by atoms with E-state index in [4.69, 9.17) is 5.73 Å². The molecule has 1 fully saturated rings. The van der Waals surface area contributed by atoms with E-state index in [2.05, 4.69) is 6.58 Å². The SMILES string of the molecule is C=CC(N)CC1CCCC1. The minimum absolute atomic E-state index is 0.239. The smallest absolute Gasteiger partial charge is 0.0223 e. The maximum Gasteiger partial charge on any atom is 0.0223 e. The largest absolute Gasteiger partial charge is 0.324 e. The Labute approximate surface area is 63.3 Å².